The largest absolute Gasteiger partial charge is 1.00 e. The Bertz CT molecular complexity index is 129. The molecule has 0 saturated heterocycles. The summed E-state index contributed by atoms with van der Waals surface area (Å²) in [6, 6.07) is 0. The first-order valence-corrected chi connectivity index (χ1v) is 17.1. The summed E-state index contributed by atoms with van der Waals surface area (Å²) in [6.07, 6.45) is 8.58. The molecule has 0 bridgehead atoms. The minimum atomic E-state index is -0.297. The fourth-order valence-corrected chi connectivity index (χ4v) is 13.3. The van der Waals surface area contributed by atoms with Crippen LogP contribution in [-0.2, 0) is 20.4 Å². The van der Waals surface area contributed by atoms with Crippen molar-refractivity contribution in [3.8, 4) is 0 Å². The minimum absolute atomic E-state index is 0. The molecule has 0 aromatic carbocycles. The maximum atomic E-state index is 2.33. The molecule has 0 rings (SSSR count). The zero-order chi connectivity index (χ0) is 15.6. The van der Waals surface area contributed by atoms with Gasteiger partial charge in [0.05, 0.1) is 0 Å². The summed E-state index contributed by atoms with van der Waals surface area (Å²) < 4.78 is 0. The van der Waals surface area contributed by atoms with Crippen molar-refractivity contribution in [2.75, 3.05) is 0 Å². The Morgan fingerprint density at radius 2 is 0.522 bits per heavy atom. The van der Waals surface area contributed by atoms with Crippen molar-refractivity contribution in [3.05, 3.63) is 0 Å². The molecular weight excluding hydrogens is 632 g/mol. The normalized spacial score (nSPS) is 9.39. The van der Waals surface area contributed by atoms with Crippen LogP contribution in [0.4, 0.5) is 0 Å². The molecular formula is C18H42As2Br2Pd-2. The fourth-order valence-electron chi connectivity index (χ4n) is 2.57. The molecule has 5 heteroatoms. The van der Waals surface area contributed by atoms with Crippen molar-refractivity contribution in [1.82, 2.24) is 0 Å². The molecule has 0 aromatic rings. The molecule has 0 fully saturated rings. The van der Waals surface area contributed by atoms with Crippen LogP contribution in [0.2, 0.25) is 31.3 Å². The Labute approximate surface area is 193 Å². The van der Waals surface area contributed by atoms with Crippen LogP contribution in [0.25, 0.3) is 0 Å². The van der Waals surface area contributed by atoms with Gasteiger partial charge in [0.15, 0.2) is 0 Å². The van der Waals surface area contributed by atoms with Crippen LogP contribution in [-0.4, -0.2) is 29.3 Å². The van der Waals surface area contributed by atoms with E-state index in [1.165, 1.54) is 38.5 Å². The van der Waals surface area contributed by atoms with Crippen molar-refractivity contribution in [1.29, 1.82) is 0 Å². The van der Waals surface area contributed by atoms with Crippen LogP contribution in [0, 0.1) is 0 Å². The molecule has 23 heavy (non-hydrogen) atoms. The monoisotopic (exact) mass is 672 g/mol. The van der Waals surface area contributed by atoms with Crippen molar-refractivity contribution >= 4 is 29.3 Å². The van der Waals surface area contributed by atoms with E-state index < -0.39 is 0 Å². The molecule has 0 nitrogen and oxygen atoms in total. The van der Waals surface area contributed by atoms with Gasteiger partial charge in [-0.1, -0.05) is 0 Å². The third kappa shape index (κ3) is 29.7. The average molecular weight is 675 g/mol. The summed E-state index contributed by atoms with van der Waals surface area (Å²) in [5.41, 5.74) is 0. The SMILES string of the molecule is CCC[As](CCC)CCC.CCC[As](CCC)CCC.[Br-].[Br-].[Pd]. The molecule has 0 aliphatic rings. The maximum absolute atomic E-state index is 2.33. The van der Waals surface area contributed by atoms with E-state index in [0.717, 1.165) is 0 Å². The minimum Gasteiger partial charge on any atom is -1.00 e. The van der Waals surface area contributed by atoms with Crippen molar-refractivity contribution in [2.45, 2.75) is 111 Å². The van der Waals surface area contributed by atoms with Crippen molar-refractivity contribution < 1.29 is 54.4 Å². The van der Waals surface area contributed by atoms with E-state index in [9.17, 15) is 0 Å². The standard InChI is InChI=1S/2C9H21As.2BrH.Pd/c2*1-4-7-10(8-5-2)9-6-3;;;/h2*4-9H2,1-3H3;2*1H;/p-2. The molecule has 0 aliphatic carbocycles. The van der Waals surface area contributed by atoms with Crippen LogP contribution in [0.3, 0.4) is 0 Å². The third-order valence-corrected chi connectivity index (χ3v) is 16.8. The number of halogens is 2. The predicted octanol–water partition coefficient (Wildman–Crippen LogP) is 1.43. The van der Waals surface area contributed by atoms with Crippen LogP contribution in [0.1, 0.15) is 80.1 Å². The van der Waals surface area contributed by atoms with Gasteiger partial charge in [-0.05, 0) is 0 Å². The number of rotatable bonds is 12. The van der Waals surface area contributed by atoms with Crippen LogP contribution < -0.4 is 34.0 Å². The van der Waals surface area contributed by atoms with Gasteiger partial charge in [0.1, 0.15) is 0 Å². The van der Waals surface area contributed by atoms with Crippen LogP contribution >= 0.6 is 0 Å². The van der Waals surface area contributed by atoms with Crippen molar-refractivity contribution in [3.63, 3.8) is 0 Å². The molecule has 0 aromatic heterocycles. The summed E-state index contributed by atoms with van der Waals surface area (Å²) in [4.78, 5) is 0. The molecule has 0 atom stereocenters. The van der Waals surface area contributed by atoms with Crippen LogP contribution in [0.15, 0.2) is 0 Å². The van der Waals surface area contributed by atoms with Crippen molar-refractivity contribution in [2.24, 2.45) is 0 Å². The molecule has 0 amide bonds. The first-order chi connectivity index (χ1) is 9.69. The van der Waals surface area contributed by atoms with E-state index in [0.29, 0.717) is 0 Å². The average Bonchev–Trinajstić information content (AvgIpc) is 2.41. The quantitative estimate of drug-likeness (QED) is 0.275. The van der Waals surface area contributed by atoms with Crippen LogP contribution in [0.5, 0.6) is 0 Å². The van der Waals surface area contributed by atoms with E-state index in [-0.39, 0.29) is 83.7 Å². The summed E-state index contributed by atoms with van der Waals surface area (Å²) in [6.45, 7) is 14.0. The fraction of sp³-hybridized carbons (Fsp3) is 1.00. The zero-order valence-electron chi connectivity index (χ0n) is 16.5. The molecule has 0 unspecified atom stereocenters. The van der Waals surface area contributed by atoms with E-state index in [4.69, 9.17) is 0 Å². The van der Waals surface area contributed by atoms with Gasteiger partial charge in [0.25, 0.3) is 0 Å². The predicted molar refractivity (Wildman–Crippen MR) is 102 cm³/mol. The number of hydrogen-bond donors (Lipinski definition) is 0. The Morgan fingerprint density at radius 3 is 0.609 bits per heavy atom. The van der Waals surface area contributed by atoms with Gasteiger partial charge in [0.2, 0.25) is 0 Å². The second kappa shape index (κ2) is 32.4. The number of hydrogen-bond acceptors (Lipinski definition) is 0. The molecule has 0 spiro atoms. The molecule has 0 aliphatic heterocycles. The van der Waals surface area contributed by atoms with Gasteiger partial charge in [-0.2, -0.15) is 0 Å². The van der Waals surface area contributed by atoms with E-state index in [1.54, 1.807) is 31.3 Å². The molecule has 0 saturated carbocycles. The third-order valence-electron chi connectivity index (χ3n) is 3.24. The van der Waals surface area contributed by atoms with Gasteiger partial charge in [0, 0.05) is 20.4 Å². The summed E-state index contributed by atoms with van der Waals surface area (Å²) in [5, 5.41) is 9.55. The second-order valence-corrected chi connectivity index (χ2v) is 16.9. The molecule has 0 N–H and O–H groups in total. The smallest absolute Gasteiger partial charge is 0 e. The van der Waals surface area contributed by atoms with E-state index in [2.05, 4.69) is 41.5 Å². The van der Waals surface area contributed by atoms with Gasteiger partial charge < -0.3 is 34.0 Å². The summed E-state index contributed by atoms with van der Waals surface area (Å²) in [5.74, 6) is 0. The van der Waals surface area contributed by atoms with Gasteiger partial charge >= 0.3 is 141 Å². The van der Waals surface area contributed by atoms with Gasteiger partial charge in [-0.15, -0.1) is 0 Å². The Morgan fingerprint density at radius 1 is 0.391 bits per heavy atom. The summed E-state index contributed by atoms with van der Waals surface area (Å²) >= 11 is -0.594. The first kappa shape index (κ1) is 36.6. The molecule has 0 radical (unpaired) electrons. The first-order valence-electron chi connectivity index (χ1n) is 9.14. The van der Waals surface area contributed by atoms with Gasteiger partial charge in [-0.3, -0.25) is 0 Å². The zero-order valence-corrected chi connectivity index (χ0v) is 24.9. The van der Waals surface area contributed by atoms with E-state index in [1.807, 2.05) is 0 Å². The summed E-state index contributed by atoms with van der Waals surface area (Å²) in [7, 11) is 0. The topological polar surface area (TPSA) is 0 Å². The molecule has 0 heterocycles. The molecule has 150 valence electrons. The van der Waals surface area contributed by atoms with Gasteiger partial charge in [-0.25, -0.2) is 0 Å². The van der Waals surface area contributed by atoms with E-state index >= 15 is 0 Å². The Hall–Kier alpha value is 2.74. The Balaban J connectivity index is -0.0000000831. The maximum Gasteiger partial charge on any atom is 0 e. The Kier molecular flexibility index (Phi) is 51.6. The second-order valence-electron chi connectivity index (χ2n) is 5.68.